The molecule has 2 aromatic rings. The molecular weight excluding hydrogens is 352 g/mol. The Hall–Kier alpha value is -3.13. The Morgan fingerprint density at radius 3 is 2.52 bits per heavy atom. The largest absolute Gasteiger partial charge is 0.489 e. The van der Waals surface area contributed by atoms with E-state index in [0.717, 1.165) is 0 Å². The van der Waals surface area contributed by atoms with Gasteiger partial charge in [-0.3, -0.25) is 14.9 Å². The Balaban J connectivity index is 1.94. The fraction of sp³-hybridized carbons (Fsp3) is 0.316. The van der Waals surface area contributed by atoms with Gasteiger partial charge < -0.3 is 19.5 Å². The number of carbonyl (C=O) groups is 1. The summed E-state index contributed by atoms with van der Waals surface area (Å²) >= 11 is 0. The lowest BCUT2D eigenvalue weighted by Gasteiger charge is -2.16. The predicted molar refractivity (Wildman–Crippen MR) is 100 cm³/mol. The van der Waals surface area contributed by atoms with Gasteiger partial charge in [0, 0.05) is 18.7 Å². The molecular formula is C19H22N2O6. The first kappa shape index (κ1) is 20.2. The van der Waals surface area contributed by atoms with Gasteiger partial charge in [0.25, 0.3) is 11.6 Å². The number of ether oxygens (including phenoxy) is 3. The molecule has 0 radical (unpaired) electrons. The predicted octanol–water partition coefficient (Wildman–Crippen LogP) is 3.42. The molecule has 0 aliphatic carbocycles. The Morgan fingerprint density at radius 1 is 1.15 bits per heavy atom. The van der Waals surface area contributed by atoms with Crippen LogP contribution in [0.25, 0.3) is 0 Å². The zero-order valence-electron chi connectivity index (χ0n) is 15.2. The van der Waals surface area contributed by atoms with Crippen molar-refractivity contribution >= 4 is 17.3 Å². The molecule has 27 heavy (non-hydrogen) atoms. The average molecular weight is 374 g/mol. The van der Waals surface area contributed by atoms with Gasteiger partial charge in [-0.1, -0.05) is 12.1 Å². The number of para-hydroxylation sites is 2. The van der Waals surface area contributed by atoms with Crippen molar-refractivity contribution in [3.8, 4) is 11.5 Å². The average Bonchev–Trinajstić information content (AvgIpc) is 2.66. The topological polar surface area (TPSA) is 99.9 Å². The SMILES string of the molecule is CCOCCOc1ccccc1NC(=O)C(C)Oc1ccc([N+](=O)[O-])cc1. The van der Waals surface area contributed by atoms with Gasteiger partial charge in [-0.2, -0.15) is 0 Å². The van der Waals surface area contributed by atoms with Crippen LogP contribution in [0.4, 0.5) is 11.4 Å². The molecule has 2 rings (SSSR count). The van der Waals surface area contributed by atoms with E-state index in [2.05, 4.69) is 5.32 Å². The summed E-state index contributed by atoms with van der Waals surface area (Å²) in [5.74, 6) is 0.534. The van der Waals surface area contributed by atoms with Crippen LogP contribution in [0.3, 0.4) is 0 Å². The van der Waals surface area contributed by atoms with E-state index in [4.69, 9.17) is 14.2 Å². The van der Waals surface area contributed by atoms with Crippen molar-refractivity contribution < 1.29 is 23.9 Å². The number of anilines is 1. The second-order valence-electron chi connectivity index (χ2n) is 5.54. The number of amides is 1. The van der Waals surface area contributed by atoms with E-state index in [1.165, 1.54) is 24.3 Å². The van der Waals surface area contributed by atoms with Gasteiger partial charge in [0.05, 0.1) is 17.2 Å². The van der Waals surface area contributed by atoms with E-state index < -0.39 is 11.0 Å². The summed E-state index contributed by atoms with van der Waals surface area (Å²) in [7, 11) is 0. The van der Waals surface area contributed by atoms with Crippen LogP contribution in [-0.4, -0.2) is 36.8 Å². The molecule has 1 amide bonds. The van der Waals surface area contributed by atoms with Crippen molar-refractivity contribution in [1.29, 1.82) is 0 Å². The van der Waals surface area contributed by atoms with Crippen molar-refractivity contribution in [2.75, 3.05) is 25.1 Å². The molecule has 0 aliphatic rings. The lowest BCUT2D eigenvalue weighted by molar-refractivity contribution is -0.384. The molecule has 0 saturated carbocycles. The van der Waals surface area contributed by atoms with Crippen LogP contribution in [0.15, 0.2) is 48.5 Å². The summed E-state index contributed by atoms with van der Waals surface area (Å²) in [5, 5.41) is 13.4. The third-order valence-corrected chi connectivity index (χ3v) is 3.56. The lowest BCUT2D eigenvalue weighted by atomic mass is 10.2. The third-order valence-electron chi connectivity index (χ3n) is 3.56. The number of carbonyl (C=O) groups excluding carboxylic acids is 1. The smallest absolute Gasteiger partial charge is 0.269 e. The Morgan fingerprint density at radius 2 is 1.85 bits per heavy atom. The van der Waals surface area contributed by atoms with Crippen LogP contribution in [0.2, 0.25) is 0 Å². The highest BCUT2D eigenvalue weighted by atomic mass is 16.6. The molecule has 0 saturated heterocycles. The van der Waals surface area contributed by atoms with E-state index in [0.29, 0.717) is 37.0 Å². The molecule has 2 aromatic carbocycles. The van der Waals surface area contributed by atoms with Gasteiger partial charge in [-0.05, 0) is 38.1 Å². The molecule has 0 aliphatic heterocycles. The van der Waals surface area contributed by atoms with Crippen molar-refractivity contribution in [3.05, 3.63) is 58.6 Å². The van der Waals surface area contributed by atoms with Gasteiger partial charge in [-0.25, -0.2) is 0 Å². The van der Waals surface area contributed by atoms with Crippen molar-refractivity contribution in [3.63, 3.8) is 0 Å². The van der Waals surface area contributed by atoms with Crippen LogP contribution in [0.5, 0.6) is 11.5 Å². The fourth-order valence-corrected chi connectivity index (χ4v) is 2.19. The molecule has 1 N–H and O–H groups in total. The summed E-state index contributed by atoms with van der Waals surface area (Å²) in [6, 6.07) is 12.6. The fourth-order valence-electron chi connectivity index (χ4n) is 2.19. The van der Waals surface area contributed by atoms with Gasteiger partial charge >= 0.3 is 0 Å². The first-order chi connectivity index (χ1) is 13.0. The third kappa shape index (κ3) is 6.27. The molecule has 0 spiro atoms. The minimum atomic E-state index is -0.803. The van der Waals surface area contributed by atoms with Gasteiger partial charge in [0.15, 0.2) is 6.10 Å². The molecule has 0 bridgehead atoms. The number of nitrogens with zero attached hydrogens (tertiary/aromatic N) is 1. The summed E-state index contributed by atoms with van der Waals surface area (Å²) < 4.78 is 16.4. The summed E-state index contributed by atoms with van der Waals surface area (Å²) in [6.45, 7) is 4.93. The number of hydrogen-bond donors (Lipinski definition) is 1. The first-order valence-electron chi connectivity index (χ1n) is 8.52. The number of non-ortho nitro benzene ring substituents is 1. The van der Waals surface area contributed by atoms with Crippen LogP contribution in [0.1, 0.15) is 13.8 Å². The number of nitrogens with one attached hydrogen (secondary N) is 1. The Bertz CT molecular complexity index is 763. The highest BCUT2D eigenvalue weighted by Crippen LogP contribution is 2.24. The number of nitro benzene ring substituents is 1. The maximum absolute atomic E-state index is 12.4. The lowest BCUT2D eigenvalue weighted by Crippen LogP contribution is -2.30. The molecule has 0 fully saturated rings. The quantitative estimate of drug-likeness (QED) is 0.389. The second-order valence-corrected chi connectivity index (χ2v) is 5.54. The Kier molecular flexibility index (Phi) is 7.57. The van der Waals surface area contributed by atoms with E-state index >= 15 is 0 Å². The highest BCUT2D eigenvalue weighted by Gasteiger charge is 2.17. The molecule has 1 unspecified atom stereocenters. The normalized spacial score (nSPS) is 11.5. The standard InChI is InChI=1S/C19H22N2O6/c1-3-25-12-13-26-18-7-5-4-6-17(18)20-19(22)14(2)27-16-10-8-15(9-11-16)21(23)24/h4-11,14H,3,12-13H2,1-2H3,(H,20,22). The number of nitro groups is 1. The van der Waals surface area contributed by atoms with E-state index in [-0.39, 0.29) is 11.6 Å². The first-order valence-corrected chi connectivity index (χ1v) is 8.52. The van der Waals surface area contributed by atoms with Gasteiger partial charge in [0.2, 0.25) is 0 Å². The van der Waals surface area contributed by atoms with Crippen LogP contribution in [0, 0.1) is 10.1 Å². The van der Waals surface area contributed by atoms with Crippen molar-refractivity contribution in [2.45, 2.75) is 20.0 Å². The summed E-state index contributed by atoms with van der Waals surface area (Å²) in [5.41, 5.74) is 0.482. The molecule has 8 nitrogen and oxygen atoms in total. The number of benzene rings is 2. The van der Waals surface area contributed by atoms with Gasteiger partial charge in [-0.15, -0.1) is 0 Å². The summed E-state index contributed by atoms with van der Waals surface area (Å²) in [6.07, 6.45) is -0.803. The monoisotopic (exact) mass is 374 g/mol. The highest BCUT2D eigenvalue weighted by molar-refractivity contribution is 5.95. The minimum absolute atomic E-state index is 0.0439. The van der Waals surface area contributed by atoms with Crippen molar-refractivity contribution in [1.82, 2.24) is 0 Å². The van der Waals surface area contributed by atoms with Gasteiger partial charge in [0.1, 0.15) is 18.1 Å². The van der Waals surface area contributed by atoms with E-state index in [1.54, 1.807) is 25.1 Å². The number of hydrogen-bond acceptors (Lipinski definition) is 6. The molecule has 0 aromatic heterocycles. The minimum Gasteiger partial charge on any atom is -0.489 e. The zero-order valence-corrected chi connectivity index (χ0v) is 15.2. The van der Waals surface area contributed by atoms with Crippen molar-refractivity contribution in [2.24, 2.45) is 0 Å². The van der Waals surface area contributed by atoms with Crippen LogP contribution in [-0.2, 0) is 9.53 Å². The number of rotatable bonds is 10. The van der Waals surface area contributed by atoms with E-state index in [1.807, 2.05) is 13.0 Å². The molecule has 1 atom stereocenters. The maximum Gasteiger partial charge on any atom is 0.269 e. The zero-order chi connectivity index (χ0) is 19.6. The van der Waals surface area contributed by atoms with Crippen LogP contribution >= 0.6 is 0 Å². The molecule has 8 heteroatoms. The maximum atomic E-state index is 12.4. The Labute approximate surface area is 157 Å². The molecule has 0 heterocycles. The van der Waals surface area contributed by atoms with Crippen LogP contribution < -0.4 is 14.8 Å². The summed E-state index contributed by atoms with van der Waals surface area (Å²) in [4.78, 5) is 22.6. The second kappa shape index (κ2) is 10.1. The molecule has 144 valence electrons. The van der Waals surface area contributed by atoms with E-state index in [9.17, 15) is 14.9 Å².